The first-order valence-electron chi connectivity index (χ1n) is 8.16. The van der Waals surface area contributed by atoms with Gasteiger partial charge in [0.15, 0.2) is 0 Å². The topological polar surface area (TPSA) is 58.4 Å². The Morgan fingerprint density at radius 3 is 2.78 bits per heavy atom. The second-order valence-corrected chi connectivity index (χ2v) is 6.36. The van der Waals surface area contributed by atoms with Gasteiger partial charge in [-0.05, 0) is 44.9 Å². The van der Waals surface area contributed by atoms with Crippen molar-refractivity contribution < 1.29 is 13.6 Å². The number of carbonyl (C=O) groups is 1. The summed E-state index contributed by atoms with van der Waals surface area (Å²) >= 11 is 0. The van der Waals surface area contributed by atoms with E-state index in [1.54, 1.807) is 0 Å². The van der Waals surface area contributed by atoms with E-state index in [0.717, 1.165) is 19.4 Å². The fourth-order valence-electron chi connectivity index (χ4n) is 2.88. The average Bonchev–Trinajstić information content (AvgIpc) is 2.49. The van der Waals surface area contributed by atoms with E-state index in [2.05, 4.69) is 5.32 Å². The molecule has 0 radical (unpaired) electrons. The van der Waals surface area contributed by atoms with Crippen LogP contribution in [-0.2, 0) is 11.3 Å². The number of piperidine rings is 1. The third kappa shape index (κ3) is 5.55. The van der Waals surface area contributed by atoms with Crippen LogP contribution in [0.5, 0.6) is 0 Å². The number of hydrogen-bond donors (Lipinski definition) is 2. The molecule has 0 bridgehead atoms. The molecule has 1 aromatic rings. The Labute approximate surface area is 136 Å². The fraction of sp³-hybridized carbons (Fsp3) is 0.588. The lowest BCUT2D eigenvalue weighted by Crippen LogP contribution is -2.47. The molecule has 128 valence electrons. The molecule has 1 aliphatic heterocycles. The van der Waals surface area contributed by atoms with E-state index >= 15 is 0 Å². The summed E-state index contributed by atoms with van der Waals surface area (Å²) in [6, 6.07) is 3.95. The third-order valence-electron chi connectivity index (χ3n) is 4.14. The number of carbonyl (C=O) groups excluding carboxylic acids is 1. The van der Waals surface area contributed by atoms with Gasteiger partial charge in [-0.25, -0.2) is 8.78 Å². The van der Waals surface area contributed by atoms with E-state index in [9.17, 15) is 13.6 Å². The number of amides is 1. The van der Waals surface area contributed by atoms with Crippen LogP contribution in [0.1, 0.15) is 38.2 Å². The van der Waals surface area contributed by atoms with Crippen LogP contribution in [0.4, 0.5) is 8.78 Å². The van der Waals surface area contributed by atoms with Gasteiger partial charge in [-0.3, -0.25) is 9.69 Å². The van der Waals surface area contributed by atoms with Crippen molar-refractivity contribution in [2.75, 3.05) is 13.1 Å². The van der Waals surface area contributed by atoms with Crippen molar-refractivity contribution >= 4 is 5.91 Å². The molecule has 0 saturated carbocycles. The first-order chi connectivity index (χ1) is 11.0. The van der Waals surface area contributed by atoms with E-state index in [1.807, 2.05) is 11.8 Å². The summed E-state index contributed by atoms with van der Waals surface area (Å²) in [6.07, 6.45) is 2.85. The predicted molar refractivity (Wildman–Crippen MR) is 85.7 cm³/mol. The van der Waals surface area contributed by atoms with Crippen LogP contribution >= 0.6 is 0 Å². The molecule has 4 nitrogen and oxygen atoms in total. The van der Waals surface area contributed by atoms with Crippen LogP contribution in [0.2, 0.25) is 0 Å². The number of rotatable bonds is 6. The summed E-state index contributed by atoms with van der Waals surface area (Å²) in [4.78, 5) is 13.9. The van der Waals surface area contributed by atoms with Gasteiger partial charge in [0, 0.05) is 37.2 Å². The van der Waals surface area contributed by atoms with Crippen molar-refractivity contribution in [2.24, 2.45) is 5.73 Å². The van der Waals surface area contributed by atoms with Crippen LogP contribution in [0.25, 0.3) is 0 Å². The highest BCUT2D eigenvalue weighted by atomic mass is 19.1. The lowest BCUT2D eigenvalue weighted by molar-refractivity contribution is -0.122. The van der Waals surface area contributed by atoms with Crippen LogP contribution in [0.15, 0.2) is 18.2 Å². The van der Waals surface area contributed by atoms with Gasteiger partial charge in [0.05, 0.1) is 0 Å². The molecule has 1 aromatic carbocycles. The molecule has 2 rings (SSSR count). The number of halogens is 2. The molecule has 1 amide bonds. The maximum absolute atomic E-state index is 13.7. The van der Waals surface area contributed by atoms with E-state index in [4.69, 9.17) is 5.73 Å². The average molecular weight is 325 g/mol. The number of nitrogens with two attached hydrogens (primary N) is 1. The third-order valence-corrected chi connectivity index (χ3v) is 4.14. The molecule has 0 spiro atoms. The van der Waals surface area contributed by atoms with Crippen molar-refractivity contribution in [3.8, 4) is 0 Å². The van der Waals surface area contributed by atoms with E-state index in [1.165, 1.54) is 18.2 Å². The summed E-state index contributed by atoms with van der Waals surface area (Å²) in [6.45, 7) is 3.49. The summed E-state index contributed by atoms with van der Waals surface area (Å²) < 4.78 is 27.5. The maximum atomic E-state index is 13.7. The molecule has 6 heteroatoms. The number of hydrogen-bond acceptors (Lipinski definition) is 3. The van der Waals surface area contributed by atoms with Gasteiger partial charge in [-0.1, -0.05) is 6.07 Å². The first-order valence-corrected chi connectivity index (χ1v) is 8.16. The Kier molecular flexibility index (Phi) is 6.47. The predicted octanol–water partition coefficient (Wildman–Crippen LogP) is 2.17. The first kappa shape index (κ1) is 17.8. The zero-order valence-electron chi connectivity index (χ0n) is 13.5. The Hall–Kier alpha value is -1.53. The molecule has 1 fully saturated rings. The minimum atomic E-state index is -0.520. The highest BCUT2D eigenvalue weighted by Gasteiger charge is 2.23. The number of likely N-dealkylation sites (tertiary alicyclic amines) is 1. The molecular weight excluding hydrogens is 300 g/mol. The molecule has 0 aliphatic carbocycles. The molecule has 23 heavy (non-hydrogen) atoms. The summed E-state index contributed by atoms with van der Waals surface area (Å²) in [5, 5.41) is 3.00. The second-order valence-electron chi connectivity index (χ2n) is 6.36. The number of benzene rings is 1. The van der Waals surface area contributed by atoms with E-state index < -0.39 is 11.6 Å². The van der Waals surface area contributed by atoms with Crippen molar-refractivity contribution in [1.82, 2.24) is 10.2 Å². The molecule has 3 N–H and O–H groups in total. The van der Waals surface area contributed by atoms with E-state index in [0.29, 0.717) is 19.4 Å². The summed E-state index contributed by atoms with van der Waals surface area (Å²) in [5.41, 5.74) is 5.74. The quantitative estimate of drug-likeness (QED) is 0.843. The molecule has 1 aliphatic rings. The monoisotopic (exact) mass is 325 g/mol. The maximum Gasteiger partial charge on any atom is 0.220 e. The zero-order chi connectivity index (χ0) is 16.8. The molecule has 2 atom stereocenters. The van der Waals surface area contributed by atoms with Gasteiger partial charge in [0.1, 0.15) is 11.6 Å². The van der Waals surface area contributed by atoms with Crippen molar-refractivity contribution in [3.63, 3.8) is 0 Å². The standard InChI is InChI=1S/C17H25F2N3O/c1-12(20)7-8-17(23)21-13-4-3-9-22(10-13)11-14-15(18)5-2-6-16(14)19/h2,5-6,12-13H,3-4,7-11,20H2,1H3,(H,21,23). The lowest BCUT2D eigenvalue weighted by Gasteiger charge is -2.33. The van der Waals surface area contributed by atoms with Crippen LogP contribution in [0.3, 0.4) is 0 Å². The summed E-state index contributed by atoms with van der Waals surface area (Å²) in [5.74, 6) is -1.05. The number of nitrogens with zero attached hydrogens (tertiary/aromatic N) is 1. The van der Waals surface area contributed by atoms with E-state index in [-0.39, 0.29) is 30.1 Å². The normalized spacial score (nSPS) is 20.3. The zero-order valence-corrected chi connectivity index (χ0v) is 13.5. The second kappa shape index (κ2) is 8.36. The van der Waals surface area contributed by atoms with Gasteiger partial charge in [-0.2, -0.15) is 0 Å². The Balaban J connectivity index is 1.87. The molecular formula is C17H25F2N3O. The fourth-order valence-corrected chi connectivity index (χ4v) is 2.88. The number of nitrogens with one attached hydrogen (secondary N) is 1. The molecule has 0 aromatic heterocycles. The summed E-state index contributed by atoms with van der Waals surface area (Å²) in [7, 11) is 0. The Bertz CT molecular complexity index is 516. The molecule has 1 heterocycles. The largest absolute Gasteiger partial charge is 0.352 e. The smallest absolute Gasteiger partial charge is 0.220 e. The van der Waals surface area contributed by atoms with Crippen LogP contribution in [-0.4, -0.2) is 36.0 Å². The van der Waals surface area contributed by atoms with Crippen molar-refractivity contribution in [1.29, 1.82) is 0 Å². The highest BCUT2D eigenvalue weighted by Crippen LogP contribution is 2.18. The van der Waals surface area contributed by atoms with Gasteiger partial charge in [0.2, 0.25) is 5.91 Å². The van der Waals surface area contributed by atoms with Gasteiger partial charge < -0.3 is 11.1 Å². The van der Waals surface area contributed by atoms with Gasteiger partial charge in [-0.15, -0.1) is 0 Å². The van der Waals surface area contributed by atoms with Gasteiger partial charge in [0.25, 0.3) is 0 Å². The van der Waals surface area contributed by atoms with Crippen molar-refractivity contribution in [2.45, 2.75) is 51.2 Å². The van der Waals surface area contributed by atoms with Crippen molar-refractivity contribution in [3.05, 3.63) is 35.4 Å². The van der Waals surface area contributed by atoms with Crippen LogP contribution < -0.4 is 11.1 Å². The Morgan fingerprint density at radius 2 is 2.13 bits per heavy atom. The lowest BCUT2D eigenvalue weighted by atomic mass is 10.0. The highest BCUT2D eigenvalue weighted by molar-refractivity contribution is 5.76. The molecule has 2 unspecified atom stereocenters. The SMILES string of the molecule is CC(N)CCC(=O)NC1CCCN(Cc2c(F)cccc2F)C1. The molecule has 1 saturated heterocycles. The minimum Gasteiger partial charge on any atom is -0.352 e. The Morgan fingerprint density at radius 1 is 1.43 bits per heavy atom. The van der Waals surface area contributed by atoms with Crippen LogP contribution in [0, 0.1) is 11.6 Å². The van der Waals surface area contributed by atoms with Gasteiger partial charge >= 0.3 is 0 Å². The minimum absolute atomic E-state index is 0.00707.